The van der Waals surface area contributed by atoms with Gasteiger partial charge >= 0.3 is 0 Å². The van der Waals surface area contributed by atoms with Crippen LogP contribution in [-0.4, -0.2) is 5.11 Å². The van der Waals surface area contributed by atoms with E-state index in [9.17, 15) is 5.11 Å². The molecule has 0 aromatic heterocycles. The summed E-state index contributed by atoms with van der Waals surface area (Å²) >= 11 is 0. The second kappa shape index (κ2) is 6.03. The molecule has 2 N–H and O–H groups in total. The van der Waals surface area contributed by atoms with E-state index in [4.69, 9.17) is 5.26 Å². The molecule has 0 fully saturated rings. The van der Waals surface area contributed by atoms with Gasteiger partial charge in [-0.2, -0.15) is 5.26 Å². The highest BCUT2D eigenvalue weighted by atomic mass is 16.3. The predicted molar refractivity (Wildman–Crippen MR) is 75.6 cm³/mol. The first-order valence-electron chi connectivity index (χ1n) is 6.20. The number of anilines is 1. The van der Waals surface area contributed by atoms with Crippen LogP contribution in [0.15, 0.2) is 48.5 Å². The molecule has 0 aliphatic heterocycles. The Morgan fingerprint density at radius 1 is 1.21 bits per heavy atom. The summed E-state index contributed by atoms with van der Waals surface area (Å²) in [6, 6.07) is 17.3. The molecule has 19 heavy (non-hydrogen) atoms. The van der Waals surface area contributed by atoms with Crippen LogP contribution in [-0.2, 0) is 6.54 Å². The van der Waals surface area contributed by atoms with Crippen molar-refractivity contribution in [3.8, 4) is 6.07 Å². The molecule has 96 valence electrons. The number of nitrogens with one attached hydrogen (secondary N) is 1. The van der Waals surface area contributed by atoms with Crippen LogP contribution in [0.5, 0.6) is 0 Å². The number of aliphatic hydroxyl groups is 1. The Balaban J connectivity index is 2.12. The second-order valence-corrected chi connectivity index (χ2v) is 4.43. The van der Waals surface area contributed by atoms with Crippen molar-refractivity contribution in [1.82, 2.24) is 0 Å². The average Bonchev–Trinajstić information content (AvgIpc) is 2.45. The summed E-state index contributed by atoms with van der Waals surface area (Å²) in [6.45, 7) is 2.37. The van der Waals surface area contributed by atoms with Crippen LogP contribution in [0, 0.1) is 11.3 Å². The first-order valence-corrected chi connectivity index (χ1v) is 6.20. The third-order valence-corrected chi connectivity index (χ3v) is 2.95. The Labute approximate surface area is 113 Å². The summed E-state index contributed by atoms with van der Waals surface area (Å²) in [5, 5.41) is 21.9. The van der Waals surface area contributed by atoms with Gasteiger partial charge in [-0.05, 0) is 30.7 Å². The normalized spacial score (nSPS) is 11.6. The Morgan fingerprint density at radius 2 is 2.00 bits per heavy atom. The van der Waals surface area contributed by atoms with E-state index < -0.39 is 6.10 Å². The van der Waals surface area contributed by atoms with E-state index in [2.05, 4.69) is 11.4 Å². The first kappa shape index (κ1) is 13.1. The molecule has 2 rings (SSSR count). The number of rotatable bonds is 4. The molecule has 1 unspecified atom stereocenters. The monoisotopic (exact) mass is 252 g/mol. The number of hydrogen-bond donors (Lipinski definition) is 2. The highest BCUT2D eigenvalue weighted by Gasteiger charge is 2.06. The standard InChI is InChI=1S/C16H16N2O/c1-12(19)15-7-2-3-8-16(15)18-11-14-6-4-5-13(9-14)10-17/h2-9,12,18-19H,11H2,1H3. The topological polar surface area (TPSA) is 56.0 Å². The Bertz CT molecular complexity index is 600. The molecule has 3 heteroatoms. The van der Waals surface area contributed by atoms with Gasteiger partial charge in [0.15, 0.2) is 0 Å². The fraction of sp³-hybridized carbons (Fsp3) is 0.188. The number of nitriles is 1. The molecule has 0 bridgehead atoms. The van der Waals surface area contributed by atoms with Gasteiger partial charge in [-0.3, -0.25) is 0 Å². The molecule has 3 nitrogen and oxygen atoms in total. The fourth-order valence-electron chi connectivity index (χ4n) is 1.97. The average molecular weight is 252 g/mol. The van der Waals surface area contributed by atoms with Gasteiger partial charge in [-0.25, -0.2) is 0 Å². The first-order chi connectivity index (χ1) is 9.20. The van der Waals surface area contributed by atoms with E-state index in [1.165, 1.54) is 0 Å². The minimum atomic E-state index is -0.505. The summed E-state index contributed by atoms with van der Waals surface area (Å²) in [6.07, 6.45) is -0.505. The van der Waals surface area contributed by atoms with Gasteiger partial charge in [-0.1, -0.05) is 30.3 Å². The fourth-order valence-corrected chi connectivity index (χ4v) is 1.97. The lowest BCUT2D eigenvalue weighted by Crippen LogP contribution is -2.04. The molecule has 0 heterocycles. The minimum absolute atomic E-state index is 0.505. The van der Waals surface area contributed by atoms with E-state index in [1.807, 2.05) is 42.5 Å². The second-order valence-electron chi connectivity index (χ2n) is 4.43. The van der Waals surface area contributed by atoms with Crippen molar-refractivity contribution >= 4 is 5.69 Å². The molecule has 0 aliphatic carbocycles. The van der Waals surface area contributed by atoms with Crippen molar-refractivity contribution in [2.24, 2.45) is 0 Å². The van der Waals surface area contributed by atoms with Crippen LogP contribution in [0.25, 0.3) is 0 Å². The summed E-state index contributed by atoms with van der Waals surface area (Å²) in [5.41, 5.74) is 3.49. The summed E-state index contributed by atoms with van der Waals surface area (Å²) in [4.78, 5) is 0. The van der Waals surface area contributed by atoms with Crippen LogP contribution in [0.4, 0.5) is 5.69 Å². The van der Waals surface area contributed by atoms with Gasteiger partial charge in [0.25, 0.3) is 0 Å². The van der Waals surface area contributed by atoms with Crippen molar-refractivity contribution in [1.29, 1.82) is 5.26 Å². The van der Waals surface area contributed by atoms with E-state index >= 15 is 0 Å². The minimum Gasteiger partial charge on any atom is -0.389 e. The van der Waals surface area contributed by atoms with Crippen molar-refractivity contribution in [3.63, 3.8) is 0 Å². The molecule has 0 radical (unpaired) electrons. The van der Waals surface area contributed by atoms with Crippen molar-refractivity contribution in [3.05, 3.63) is 65.2 Å². The number of benzene rings is 2. The highest BCUT2D eigenvalue weighted by Crippen LogP contribution is 2.22. The lowest BCUT2D eigenvalue weighted by Gasteiger charge is -2.14. The molecule has 0 spiro atoms. The maximum atomic E-state index is 9.70. The summed E-state index contributed by atoms with van der Waals surface area (Å²) in [7, 11) is 0. The molecule has 1 atom stereocenters. The molecule has 2 aromatic carbocycles. The zero-order chi connectivity index (χ0) is 13.7. The number of para-hydroxylation sites is 1. The molecule has 0 amide bonds. The third-order valence-electron chi connectivity index (χ3n) is 2.95. The maximum absolute atomic E-state index is 9.70. The van der Waals surface area contributed by atoms with E-state index in [0.717, 1.165) is 16.8 Å². The SMILES string of the molecule is CC(O)c1ccccc1NCc1cccc(C#N)c1. The van der Waals surface area contributed by atoms with Crippen molar-refractivity contribution < 1.29 is 5.11 Å². The Kier molecular flexibility index (Phi) is 4.17. The third kappa shape index (κ3) is 3.34. The molecule has 0 saturated heterocycles. The molecule has 0 aliphatic rings. The molecular formula is C16H16N2O. The van der Waals surface area contributed by atoms with Gasteiger partial charge < -0.3 is 10.4 Å². The lowest BCUT2D eigenvalue weighted by molar-refractivity contribution is 0.200. The Hall–Kier alpha value is -2.31. The van der Waals surface area contributed by atoms with E-state index in [0.29, 0.717) is 12.1 Å². The number of aliphatic hydroxyl groups excluding tert-OH is 1. The largest absolute Gasteiger partial charge is 0.389 e. The van der Waals surface area contributed by atoms with Crippen LogP contribution in [0.3, 0.4) is 0 Å². The van der Waals surface area contributed by atoms with Crippen molar-refractivity contribution in [2.45, 2.75) is 19.6 Å². The van der Waals surface area contributed by atoms with Crippen LogP contribution in [0.1, 0.15) is 29.7 Å². The quantitative estimate of drug-likeness (QED) is 0.878. The Morgan fingerprint density at radius 3 is 2.74 bits per heavy atom. The van der Waals surface area contributed by atoms with Crippen LogP contribution >= 0.6 is 0 Å². The summed E-state index contributed by atoms with van der Waals surface area (Å²) < 4.78 is 0. The summed E-state index contributed by atoms with van der Waals surface area (Å²) in [5.74, 6) is 0. The van der Waals surface area contributed by atoms with Gasteiger partial charge in [0.2, 0.25) is 0 Å². The zero-order valence-corrected chi connectivity index (χ0v) is 10.8. The van der Waals surface area contributed by atoms with Gasteiger partial charge in [0.05, 0.1) is 17.7 Å². The molecule has 2 aromatic rings. The van der Waals surface area contributed by atoms with Crippen LogP contribution in [0.2, 0.25) is 0 Å². The highest BCUT2D eigenvalue weighted by molar-refractivity contribution is 5.52. The van der Waals surface area contributed by atoms with Gasteiger partial charge in [-0.15, -0.1) is 0 Å². The smallest absolute Gasteiger partial charge is 0.0991 e. The lowest BCUT2D eigenvalue weighted by atomic mass is 10.1. The van der Waals surface area contributed by atoms with Gasteiger partial charge in [0, 0.05) is 17.8 Å². The van der Waals surface area contributed by atoms with E-state index in [-0.39, 0.29) is 0 Å². The van der Waals surface area contributed by atoms with Crippen LogP contribution < -0.4 is 5.32 Å². The molecular weight excluding hydrogens is 236 g/mol. The van der Waals surface area contributed by atoms with E-state index in [1.54, 1.807) is 13.0 Å². The zero-order valence-electron chi connectivity index (χ0n) is 10.8. The van der Waals surface area contributed by atoms with Crippen molar-refractivity contribution in [2.75, 3.05) is 5.32 Å². The maximum Gasteiger partial charge on any atom is 0.0991 e. The van der Waals surface area contributed by atoms with Gasteiger partial charge in [0.1, 0.15) is 0 Å². The number of hydrogen-bond acceptors (Lipinski definition) is 3. The predicted octanol–water partition coefficient (Wildman–Crippen LogP) is 3.22. The number of nitrogens with zero attached hydrogens (tertiary/aromatic N) is 1. The molecule has 0 saturated carbocycles.